The van der Waals surface area contributed by atoms with Gasteiger partial charge in [0.1, 0.15) is 11.6 Å². The summed E-state index contributed by atoms with van der Waals surface area (Å²) in [5, 5.41) is 12.5. The number of benzene rings is 1. The van der Waals surface area contributed by atoms with Crippen molar-refractivity contribution in [1.29, 1.82) is 0 Å². The van der Waals surface area contributed by atoms with E-state index in [0.717, 1.165) is 32.0 Å². The maximum Gasteiger partial charge on any atom is 0.131 e. The van der Waals surface area contributed by atoms with Gasteiger partial charge < -0.3 is 15.0 Å². The molecule has 4 nitrogen and oxygen atoms in total. The number of aryl methyl sites for hydroxylation is 1. The van der Waals surface area contributed by atoms with Gasteiger partial charge >= 0.3 is 0 Å². The summed E-state index contributed by atoms with van der Waals surface area (Å²) in [4.78, 5) is 3.99. The summed E-state index contributed by atoms with van der Waals surface area (Å²) < 4.78 is 15.7. The lowest BCUT2D eigenvalue weighted by atomic mass is 10.1. The number of imidazole rings is 1. The number of phenols is 1. The predicted octanol–water partition coefficient (Wildman–Crippen LogP) is 2.86. The maximum atomic E-state index is 13.7. The van der Waals surface area contributed by atoms with Gasteiger partial charge in [-0.1, -0.05) is 6.07 Å². The number of hydrogen-bond acceptors (Lipinski definition) is 3. The molecule has 1 atom stereocenters. The molecule has 1 heterocycles. The van der Waals surface area contributed by atoms with Crippen molar-refractivity contribution in [2.75, 3.05) is 6.54 Å². The Balaban J connectivity index is 1.70. The van der Waals surface area contributed by atoms with E-state index in [4.69, 9.17) is 0 Å². The van der Waals surface area contributed by atoms with Gasteiger partial charge in [-0.25, -0.2) is 9.37 Å². The number of nitrogens with one attached hydrogen (secondary N) is 1. The quantitative estimate of drug-likeness (QED) is 0.765. The van der Waals surface area contributed by atoms with E-state index in [2.05, 4.69) is 10.3 Å². The van der Waals surface area contributed by atoms with Crippen molar-refractivity contribution in [2.45, 2.75) is 32.4 Å². The summed E-state index contributed by atoms with van der Waals surface area (Å²) >= 11 is 0. The minimum atomic E-state index is -0.372. The minimum absolute atomic E-state index is 0.0428. The third kappa shape index (κ3) is 4.06. The van der Waals surface area contributed by atoms with Gasteiger partial charge in [0.25, 0.3) is 0 Å². The van der Waals surface area contributed by atoms with Crippen LogP contribution in [0.3, 0.4) is 0 Å². The molecule has 2 aromatic rings. The van der Waals surface area contributed by atoms with E-state index >= 15 is 0 Å². The molecule has 0 aliphatic rings. The number of nitrogens with zero attached hydrogens (tertiary/aromatic N) is 2. The van der Waals surface area contributed by atoms with E-state index in [9.17, 15) is 9.50 Å². The van der Waals surface area contributed by atoms with Gasteiger partial charge in [-0.3, -0.25) is 0 Å². The number of unbranched alkanes of at least 4 members (excludes halogenated alkanes) is 1. The van der Waals surface area contributed by atoms with Crippen molar-refractivity contribution >= 4 is 0 Å². The molecule has 0 bridgehead atoms. The SMILES string of the molecule is CC(NCCCCn1ccnc1)c1ccc(O)cc1F. The fourth-order valence-electron chi connectivity index (χ4n) is 2.13. The Bertz CT molecular complexity index is 528. The van der Waals surface area contributed by atoms with Crippen LogP contribution in [0.1, 0.15) is 31.4 Å². The highest BCUT2D eigenvalue weighted by atomic mass is 19.1. The summed E-state index contributed by atoms with van der Waals surface area (Å²) in [5.74, 6) is -0.415. The molecular weight excluding hydrogens is 257 g/mol. The monoisotopic (exact) mass is 277 g/mol. The molecule has 2 N–H and O–H groups in total. The molecule has 0 fully saturated rings. The van der Waals surface area contributed by atoms with Crippen molar-refractivity contribution in [3.63, 3.8) is 0 Å². The molecule has 0 spiro atoms. The van der Waals surface area contributed by atoms with Crippen LogP contribution >= 0.6 is 0 Å². The molecule has 1 aromatic carbocycles. The molecule has 20 heavy (non-hydrogen) atoms. The predicted molar refractivity (Wildman–Crippen MR) is 75.9 cm³/mol. The van der Waals surface area contributed by atoms with Crippen LogP contribution in [0.2, 0.25) is 0 Å². The normalized spacial score (nSPS) is 12.5. The van der Waals surface area contributed by atoms with Gasteiger partial charge in [0, 0.05) is 36.6 Å². The second-order valence-corrected chi connectivity index (χ2v) is 4.89. The lowest BCUT2D eigenvalue weighted by molar-refractivity contribution is 0.462. The fourth-order valence-corrected chi connectivity index (χ4v) is 2.13. The van der Waals surface area contributed by atoms with Crippen molar-refractivity contribution in [2.24, 2.45) is 0 Å². The van der Waals surface area contributed by atoms with Crippen LogP contribution in [0.5, 0.6) is 5.75 Å². The summed E-state index contributed by atoms with van der Waals surface area (Å²) in [7, 11) is 0. The Morgan fingerprint density at radius 1 is 1.40 bits per heavy atom. The first-order chi connectivity index (χ1) is 9.66. The second kappa shape index (κ2) is 7.05. The number of hydrogen-bond donors (Lipinski definition) is 2. The van der Waals surface area contributed by atoms with Crippen LogP contribution in [0.25, 0.3) is 0 Å². The second-order valence-electron chi connectivity index (χ2n) is 4.89. The summed E-state index contributed by atoms with van der Waals surface area (Å²) in [5.41, 5.74) is 0.581. The Morgan fingerprint density at radius 3 is 2.95 bits per heavy atom. The first-order valence-electron chi connectivity index (χ1n) is 6.84. The summed E-state index contributed by atoms with van der Waals surface area (Å²) in [6.07, 6.45) is 7.59. The number of rotatable bonds is 7. The highest BCUT2D eigenvalue weighted by molar-refractivity contribution is 5.29. The zero-order valence-electron chi connectivity index (χ0n) is 11.6. The van der Waals surface area contributed by atoms with Crippen LogP contribution in [0, 0.1) is 5.82 Å². The van der Waals surface area contributed by atoms with Crippen molar-refractivity contribution < 1.29 is 9.50 Å². The van der Waals surface area contributed by atoms with Crippen LogP contribution in [0.4, 0.5) is 4.39 Å². The molecule has 0 saturated carbocycles. The largest absolute Gasteiger partial charge is 0.508 e. The highest BCUT2D eigenvalue weighted by Gasteiger charge is 2.10. The highest BCUT2D eigenvalue weighted by Crippen LogP contribution is 2.20. The van der Waals surface area contributed by atoms with Gasteiger partial charge in [-0.2, -0.15) is 0 Å². The van der Waals surface area contributed by atoms with Crippen LogP contribution in [-0.2, 0) is 6.54 Å². The third-order valence-corrected chi connectivity index (χ3v) is 3.30. The standard InChI is InChI=1S/C15H20FN3O/c1-12(14-5-4-13(20)10-15(14)16)18-6-2-3-8-19-9-7-17-11-19/h4-5,7,9-12,18,20H,2-3,6,8H2,1H3. The number of aromatic hydroxyl groups is 1. The number of phenolic OH excluding ortho intramolecular Hbond substituents is 1. The minimum Gasteiger partial charge on any atom is -0.508 e. The first-order valence-corrected chi connectivity index (χ1v) is 6.84. The van der Waals surface area contributed by atoms with Crippen molar-refractivity contribution in [3.8, 4) is 5.75 Å². The molecule has 0 aliphatic heterocycles. The van der Waals surface area contributed by atoms with Crippen LogP contribution in [-0.4, -0.2) is 21.2 Å². The average Bonchev–Trinajstić information content (AvgIpc) is 2.91. The molecular formula is C15H20FN3O. The maximum absolute atomic E-state index is 13.7. The van der Waals surface area contributed by atoms with Gasteiger partial charge in [0.2, 0.25) is 0 Å². The van der Waals surface area contributed by atoms with Crippen molar-refractivity contribution in [3.05, 3.63) is 48.3 Å². The molecule has 0 radical (unpaired) electrons. The van der Waals surface area contributed by atoms with Crippen LogP contribution in [0.15, 0.2) is 36.9 Å². The van der Waals surface area contributed by atoms with E-state index in [0.29, 0.717) is 5.56 Å². The lowest BCUT2D eigenvalue weighted by Gasteiger charge is -2.15. The summed E-state index contributed by atoms with van der Waals surface area (Å²) in [6, 6.07) is 4.21. The third-order valence-electron chi connectivity index (χ3n) is 3.30. The van der Waals surface area contributed by atoms with E-state index in [1.807, 2.05) is 24.0 Å². The molecule has 2 rings (SSSR count). The van der Waals surface area contributed by atoms with Crippen molar-refractivity contribution in [1.82, 2.24) is 14.9 Å². The molecule has 1 aromatic heterocycles. The van der Waals surface area contributed by atoms with Gasteiger partial charge in [-0.05, 0) is 32.4 Å². The fraction of sp³-hybridized carbons (Fsp3) is 0.400. The molecule has 5 heteroatoms. The number of aromatic nitrogens is 2. The Labute approximate surface area is 118 Å². The molecule has 0 amide bonds. The zero-order valence-corrected chi connectivity index (χ0v) is 11.6. The first kappa shape index (κ1) is 14.5. The van der Waals surface area contributed by atoms with E-state index < -0.39 is 0 Å². The Kier molecular flexibility index (Phi) is 5.12. The average molecular weight is 277 g/mol. The molecule has 0 aliphatic carbocycles. The smallest absolute Gasteiger partial charge is 0.131 e. The van der Waals surface area contributed by atoms with Gasteiger partial charge in [-0.15, -0.1) is 0 Å². The van der Waals surface area contributed by atoms with Gasteiger partial charge in [0.15, 0.2) is 0 Å². The van der Waals surface area contributed by atoms with E-state index in [1.165, 1.54) is 6.07 Å². The Hall–Kier alpha value is -1.88. The Morgan fingerprint density at radius 2 is 2.25 bits per heavy atom. The molecule has 108 valence electrons. The summed E-state index contributed by atoms with van der Waals surface area (Å²) in [6.45, 7) is 3.70. The number of halogens is 1. The zero-order chi connectivity index (χ0) is 14.4. The lowest BCUT2D eigenvalue weighted by Crippen LogP contribution is -2.21. The van der Waals surface area contributed by atoms with E-state index in [-0.39, 0.29) is 17.6 Å². The van der Waals surface area contributed by atoms with Gasteiger partial charge in [0.05, 0.1) is 6.33 Å². The van der Waals surface area contributed by atoms with Crippen LogP contribution < -0.4 is 5.32 Å². The van der Waals surface area contributed by atoms with E-state index in [1.54, 1.807) is 12.3 Å². The topological polar surface area (TPSA) is 50.1 Å². The molecule has 0 saturated heterocycles. The molecule has 1 unspecified atom stereocenters.